The average molecular weight is 652 g/mol. The molecule has 3 aromatic carbocycles. The second-order valence-corrected chi connectivity index (χ2v) is 9.37. The Morgan fingerprint density at radius 3 is 2.41 bits per heavy atom. The topological polar surface area (TPSA) is 88.4 Å². The van der Waals surface area contributed by atoms with E-state index in [0.717, 1.165) is 9.13 Å². The van der Waals surface area contributed by atoms with Crippen LogP contribution >= 0.6 is 50.1 Å². The molecule has 34 heavy (non-hydrogen) atoms. The Kier molecular flexibility index (Phi) is 9.10. The summed E-state index contributed by atoms with van der Waals surface area (Å²) < 4.78 is 12.1. The molecule has 0 spiro atoms. The third-order valence-electron chi connectivity index (χ3n) is 4.56. The first kappa shape index (κ1) is 25.7. The minimum absolute atomic E-state index is 0.0745. The molecule has 1 N–H and O–H groups in total. The molecule has 0 atom stereocenters. The van der Waals surface area contributed by atoms with E-state index in [1.165, 1.54) is 25.3 Å². The molecule has 0 aliphatic rings. The average Bonchev–Trinajstić information content (AvgIpc) is 2.83. The van der Waals surface area contributed by atoms with Gasteiger partial charge in [-0.3, -0.25) is 4.79 Å². The summed E-state index contributed by atoms with van der Waals surface area (Å²) in [5, 5.41) is 12.8. The summed E-state index contributed by atoms with van der Waals surface area (Å²) >= 11 is 11.6. The molecule has 6 nitrogen and oxygen atoms in total. The summed E-state index contributed by atoms with van der Waals surface area (Å²) in [5.41, 5.74) is 2.35. The fourth-order valence-electron chi connectivity index (χ4n) is 2.86. The Bertz CT molecular complexity index is 1260. The molecule has 3 rings (SSSR count). The molecule has 0 saturated carbocycles. The van der Waals surface area contributed by atoms with Gasteiger partial charge in [-0.05, 0) is 104 Å². The summed E-state index contributed by atoms with van der Waals surface area (Å²) in [6.45, 7) is 0.363. The Hall–Kier alpha value is -2.87. The SMILES string of the molecule is COC(=O)c1ccc(NC(=O)/C(C#N)=C/c2cc(Br)c(OCc3ccc(Cl)cc3)c(I)c2)cc1. The highest BCUT2D eigenvalue weighted by Crippen LogP contribution is 2.33. The van der Waals surface area contributed by atoms with Gasteiger partial charge in [0.1, 0.15) is 24.0 Å². The van der Waals surface area contributed by atoms with Gasteiger partial charge in [-0.2, -0.15) is 5.26 Å². The second kappa shape index (κ2) is 12.0. The first-order chi connectivity index (χ1) is 16.3. The van der Waals surface area contributed by atoms with Gasteiger partial charge in [0.15, 0.2) is 0 Å². The zero-order valence-electron chi connectivity index (χ0n) is 17.8. The number of methoxy groups -OCH3 is 1. The van der Waals surface area contributed by atoms with Gasteiger partial charge in [-0.15, -0.1) is 0 Å². The lowest BCUT2D eigenvalue weighted by Crippen LogP contribution is -2.13. The summed E-state index contributed by atoms with van der Waals surface area (Å²) in [4.78, 5) is 24.1. The van der Waals surface area contributed by atoms with Gasteiger partial charge in [0.25, 0.3) is 5.91 Å². The van der Waals surface area contributed by atoms with Crippen molar-refractivity contribution in [1.82, 2.24) is 0 Å². The second-order valence-electron chi connectivity index (χ2n) is 6.92. The monoisotopic (exact) mass is 650 g/mol. The van der Waals surface area contributed by atoms with Crippen LogP contribution in [0.5, 0.6) is 5.75 Å². The van der Waals surface area contributed by atoms with Crippen LogP contribution in [-0.2, 0) is 16.1 Å². The third-order valence-corrected chi connectivity index (χ3v) is 6.20. The Morgan fingerprint density at radius 1 is 1.15 bits per heavy atom. The Labute approximate surface area is 223 Å². The van der Waals surface area contributed by atoms with Crippen molar-refractivity contribution in [2.45, 2.75) is 6.61 Å². The standard InChI is InChI=1S/C25H17BrClIN2O4/c1-33-25(32)17-4-8-20(9-5-17)30-24(31)18(13-29)10-16-11-21(26)23(22(28)12-16)34-14-15-2-6-19(27)7-3-15/h2-12H,14H2,1H3,(H,30,31)/b18-10+. The highest BCUT2D eigenvalue weighted by Gasteiger charge is 2.13. The predicted molar refractivity (Wildman–Crippen MR) is 143 cm³/mol. The van der Waals surface area contributed by atoms with Gasteiger partial charge in [-0.25, -0.2) is 4.79 Å². The molecule has 0 aromatic heterocycles. The van der Waals surface area contributed by atoms with Crippen molar-refractivity contribution in [3.63, 3.8) is 0 Å². The first-order valence-electron chi connectivity index (χ1n) is 9.78. The van der Waals surface area contributed by atoms with Crippen LogP contribution in [0.15, 0.2) is 70.7 Å². The van der Waals surface area contributed by atoms with Crippen molar-refractivity contribution in [3.8, 4) is 11.8 Å². The van der Waals surface area contributed by atoms with Crippen molar-refractivity contribution in [2.24, 2.45) is 0 Å². The van der Waals surface area contributed by atoms with Crippen molar-refractivity contribution >= 4 is 73.8 Å². The summed E-state index contributed by atoms with van der Waals surface area (Å²) in [6, 6.07) is 19.1. The maximum absolute atomic E-state index is 12.6. The Morgan fingerprint density at radius 2 is 1.82 bits per heavy atom. The molecule has 0 aliphatic carbocycles. The number of carbonyl (C=O) groups excluding carboxylic acids is 2. The highest BCUT2D eigenvalue weighted by molar-refractivity contribution is 14.1. The van der Waals surface area contributed by atoms with E-state index in [0.29, 0.717) is 38.7 Å². The number of anilines is 1. The fraction of sp³-hybridized carbons (Fsp3) is 0.0800. The summed E-state index contributed by atoms with van der Waals surface area (Å²) in [5.74, 6) is -0.389. The molecule has 9 heteroatoms. The lowest BCUT2D eigenvalue weighted by Gasteiger charge is -2.12. The number of hydrogen-bond acceptors (Lipinski definition) is 5. The van der Waals surface area contributed by atoms with E-state index < -0.39 is 11.9 Å². The lowest BCUT2D eigenvalue weighted by molar-refractivity contribution is -0.112. The van der Waals surface area contributed by atoms with E-state index in [9.17, 15) is 14.9 Å². The molecule has 0 radical (unpaired) electrons. The van der Waals surface area contributed by atoms with Crippen LogP contribution in [-0.4, -0.2) is 19.0 Å². The summed E-state index contributed by atoms with van der Waals surface area (Å²) in [7, 11) is 1.29. The molecule has 3 aromatic rings. The number of rotatable bonds is 7. The fourth-order valence-corrected chi connectivity index (χ4v) is 4.75. The number of nitriles is 1. The minimum Gasteiger partial charge on any atom is -0.487 e. The molecule has 0 saturated heterocycles. The van der Waals surface area contributed by atoms with Crippen molar-refractivity contribution in [1.29, 1.82) is 5.26 Å². The molecule has 0 bridgehead atoms. The first-order valence-corrected chi connectivity index (χ1v) is 12.0. The number of amides is 1. The van der Waals surface area contributed by atoms with Crippen LogP contribution in [0, 0.1) is 14.9 Å². The zero-order chi connectivity index (χ0) is 24.7. The lowest BCUT2D eigenvalue weighted by atomic mass is 10.1. The van der Waals surface area contributed by atoms with Crippen LogP contribution in [0.1, 0.15) is 21.5 Å². The minimum atomic E-state index is -0.567. The maximum atomic E-state index is 12.6. The van der Waals surface area contributed by atoms with Crippen LogP contribution in [0.3, 0.4) is 0 Å². The molecular weight excluding hydrogens is 635 g/mol. The largest absolute Gasteiger partial charge is 0.487 e. The number of nitrogens with zero attached hydrogens (tertiary/aromatic N) is 1. The van der Waals surface area contributed by atoms with Gasteiger partial charge < -0.3 is 14.8 Å². The quantitative estimate of drug-likeness (QED) is 0.134. The number of ether oxygens (including phenoxy) is 2. The van der Waals surface area contributed by atoms with Gasteiger partial charge >= 0.3 is 5.97 Å². The highest BCUT2D eigenvalue weighted by atomic mass is 127. The maximum Gasteiger partial charge on any atom is 0.337 e. The van der Waals surface area contributed by atoms with Crippen LogP contribution < -0.4 is 10.1 Å². The number of esters is 1. The number of nitrogens with one attached hydrogen (secondary N) is 1. The number of carbonyl (C=O) groups is 2. The van der Waals surface area contributed by atoms with Gasteiger partial charge in [0, 0.05) is 10.7 Å². The van der Waals surface area contributed by atoms with Gasteiger partial charge in [0.2, 0.25) is 0 Å². The van der Waals surface area contributed by atoms with E-state index in [1.54, 1.807) is 30.3 Å². The van der Waals surface area contributed by atoms with E-state index in [-0.39, 0.29) is 5.57 Å². The van der Waals surface area contributed by atoms with Crippen LogP contribution in [0.2, 0.25) is 5.02 Å². The van der Waals surface area contributed by atoms with E-state index in [4.69, 9.17) is 16.3 Å². The van der Waals surface area contributed by atoms with Gasteiger partial charge in [0.05, 0.1) is 20.7 Å². The van der Waals surface area contributed by atoms with E-state index >= 15 is 0 Å². The molecule has 1 amide bonds. The van der Waals surface area contributed by atoms with E-state index in [2.05, 4.69) is 48.6 Å². The van der Waals surface area contributed by atoms with Crippen LogP contribution in [0.25, 0.3) is 6.08 Å². The molecule has 172 valence electrons. The normalized spacial score (nSPS) is 10.9. The third kappa shape index (κ3) is 6.82. The molecular formula is C25H17BrClIN2O4. The zero-order valence-corrected chi connectivity index (χ0v) is 22.3. The molecule has 0 aliphatic heterocycles. The van der Waals surface area contributed by atoms with Gasteiger partial charge in [-0.1, -0.05) is 23.7 Å². The number of benzene rings is 3. The van der Waals surface area contributed by atoms with Crippen LogP contribution in [0.4, 0.5) is 5.69 Å². The van der Waals surface area contributed by atoms with Crippen molar-refractivity contribution < 1.29 is 19.1 Å². The predicted octanol–water partition coefficient (Wildman–Crippen LogP) is 6.62. The summed E-state index contributed by atoms with van der Waals surface area (Å²) in [6.07, 6.45) is 1.49. The van der Waals surface area contributed by atoms with E-state index in [1.807, 2.05) is 24.3 Å². The van der Waals surface area contributed by atoms with Crippen molar-refractivity contribution in [3.05, 3.63) is 96.0 Å². The van der Waals surface area contributed by atoms with Crippen molar-refractivity contribution in [2.75, 3.05) is 12.4 Å². The number of halogens is 3. The molecule has 0 heterocycles. The number of hydrogen-bond donors (Lipinski definition) is 1. The molecule has 0 fully saturated rings. The molecule has 0 unspecified atom stereocenters. The Balaban J connectivity index is 1.73. The smallest absolute Gasteiger partial charge is 0.337 e.